The van der Waals surface area contributed by atoms with Gasteiger partial charge in [-0.05, 0) is 49.1 Å². The van der Waals surface area contributed by atoms with Crippen LogP contribution in [0.4, 0.5) is 0 Å². The van der Waals surface area contributed by atoms with Crippen molar-refractivity contribution in [1.82, 2.24) is 10.3 Å². The molecule has 2 aromatic rings. The molecular weight excluding hydrogens is 256 g/mol. The minimum atomic E-state index is 0.278. The zero-order valence-corrected chi connectivity index (χ0v) is 13.6. The molecule has 0 amide bonds. The molecule has 2 heteroatoms. The maximum Gasteiger partial charge on any atom is 0.0579 e. The number of nitrogens with one attached hydrogen (secondary N) is 1. The van der Waals surface area contributed by atoms with Crippen LogP contribution < -0.4 is 5.32 Å². The lowest BCUT2D eigenvalue weighted by atomic mass is 9.98. The van der Waals surface area contributed by atoms with E-state index in [1.54, 1.807) is 0 Å². The first kappa shape index (κ1) is 15.7. The number of hydrogen-bond donors (Lipinski definition) is 1. The zero-order valence-electron chi connectivity index (χ0n) is 13.6. The lowest BCUT2D eigenvalue weighted by molar-refractivity contribution is 0.535. The molecule has 0 aliphatic carbocycles. The van der Waals surface area contributed by atoms with Gasteiger partial charge in [0.15, 0.2) is 0 Å². The van der Waals surface area contributed by atoms with Crippen LogP contribution in [0, 0.1) is 6.92 Å². The molecule has 0 fully saturated rings. The van der Waals surface area contributed by atoms with Crippen molar-refractivity contribution < 1.29 is 0 Å². The molecule has 1 N–H and O–H groups in total. The van der Waals surface area contributed by atoms with Crippen molar-refractivity contribution in [3.05, 3.63) is 65.0 Å². The molecule has 0 aliphatic heterocycles. The molecule has 1 atom stereocenters. The third kappa shape index (κ3) is 4.40. The van der Waals surface area contributed by atoms with Crippen LogP contribution in [0.25, 0.3) is 0 Å². The van der Waals surface area contributed by atoms with Crippen molar-refractivity contribution >= 4 is 0 Å². The van der Waals surface area contributed by atoms with Gasteiger partial charge in [0.1, 0.15) is 0 Å². The molecule has 2 rings (SSSR count). The van der Waals surface area contributed by atoms with Crippen molar-refractivity contribution in [2.75, 3.05) is 6.54 Å². The number of hydrogen-bond acceptors (Lipinski definition) is 2. The van der Waals surface area contributed by atoms with Crippen molar-refractivity contribution in [2.24, 2.45) is 0 Å². The first-order valence-corrected chi connectivity index (χ1v) is 7.86. The van der Waals surface area contributed by atoms with E-state index in [9.17, 15) is 0 Å². The molecule has 0 saturated heterocycles. The Bertz CT molecular complexity index is 558. The molecule has 1 heterocycles. The molecule has 1 aromatic heterocycles. The molecule has 112 valence electrons. The Kier molecular flexibility index (Phi) is 5.51. The lowest BCUT2D eigenvalue weighted by Gasteiger charge is -2.18. The maximum atomic E-state index is 4.67. The van der Waals surface area contributed by atoms with Gasteiger partial charge in [-0.2, -0.15) is 0 Å². The summed E-state index contributed by atoms with van der Waals surface area (Å²) in [4.78, 5) is 4.67. The van der Waals surface area contributed by atoms with Crippen LogP contribution in [0.3, 0.4) is 0 Å². The van der Waals surface area contributed by atoms with Crippen LogP contribution in [0.2, 0.25) is 0 Å². The Labute approximate surface area is 128 Å². The van der Waals surface area contributed by atoms with E-state index in [1.165, 1.54) is 11.1 Å². The van der Waals surface area contributed by atoms with Crippen molar-refractivity contribution in [1.29, 1.82) is 0 Å². The third-order valence-electron chi connectivity index (χ3n) is 3.80. The summed E-state index contributed by atoms with van der Waals surface area (Å²) < 4.78 is 0. The fraction of sp³-hybridized carbons (Fsp3) is 0.421. The minimum Gasteiger partial charge on any atom is -0.309 e. The molecule has 0 bridgehead atoms. The molecule has 2 nitrogen and oxygen atoms in total. The molecule has 21 heavy (non-hydrogen) atoms. The summed E-state index contributed by atoms with van der Waals surface area (Å²) in [7, 11) is 0. The van der Waals surface area contributed by atoms with Gasteiger partial charge in [-0.25, -0.2) is 0 Å². The summed E-state index contributed by atoms with van der Waals surface area (Å²) >= 11 is 0. The predicted octanol–water partition coefficient (Wildman–Crippen LogP) is 4.41. The van der Waals surface area contributed by atoms with Crippen molar-refractivity contribution in [3.63, 3.8) is 0 Å². The first-order valence-electron chi connectivity index (χ1n) is 7.86. The number of likely N-dealkylation sites (N-methyl/N-ethyl adjacent to an activating group) is 1. The maximum absolute atomic E-state index is 4.67. The number of nitrogens with zero attached hydrogens (tertiary/aromatic N) is 1. The highest BCUT2D eigenvalue weighted by atomic mass is 14.9. The van der Waals surface area contributed by atoms with E-state index in [-0.39, 0.29) is 6.04 Å². The Morgan fingerprint density at radius 2 is 1.76 bits per heavy atom. The molecule has 0 saturated carbocycles. The second-order valence-electron chi connectivity index (χ2n) is 5.91. The normalized spacial score (nSPS) is 12.6. The average molecular weight is 282 g/mol. The first-order chi connectivity index (χ1) is 10.1. The van der Waals surface area contributed by atoms with E-state index in [0.29, 0.717) is 5.92 Å². The summed E-state index contributed by atoms with van der Waals surface area (Å²) in [5.74, 6) is 0.585. The van der Waals surface area contributed by atoms with Gasteiger partial charge in [0.05, 0.1) is 11.7 Å². The van der Waals surface area contributed by atoms with E-state index in [1.807, 2.05) is 13.0 Å². The van der Waals surface area contributed by atoms with Crippen LogP contribution in [0.1, 0.15) is 55.2 Å². The predicted molar refractivity (Wildman–Crippen MR) is 89.6 cm³/mol. The molecule has 0 radical (unpaired) electrons. The molecule has 0 spiro atoms. The SMILES string of the molecule is CCNC(Cc1ccc(C(C)C)cc1)c1cccc(C)n1. The Morgan fingerprint density at radius 3 is 2.33 bits per heavy atom. The summed E-state index contributed by atoms with van der Waals surface area (Å²) in [6, 6.07) is 15.5. The van der Waals surface area contributed by atoms with Gasteiger partial charge in [0.25, 0.3) is 0 Å². The second-order valence-corrected chi connectivity index (χ2v) is 5.91. The number of rotatable bonds is 6. The standard InChI is InChI=1S/C19H26N2/c1-5-20-19(18-8-6-7-15(4)21-18)13-16-9-11-17(12-10-16)14(2)3/h6-12,14,19-20H,5,13H2,1-4H3. The van der Waals surface area contributed by atoms with Crippen LogP contribution >= 0.6 is 0 Å². The number of aryl methyl sites for hydroxylation is 1. The van der Waals surface area contributed by atoms with E-state index >= 15 is 0 Å². The summed E-state index contributed by atoms with van der Waals surface area (Å²) in [6.45, 7) is 9.60. The van der Waals surface area contributed by atoms with E-state index < -0.39 is 0 Å². The number of pyridine rings is 1. The van der Waals surface area contributed by atoms with E-state index in [2.05, 4.69) is 67.5 Å². The third-order valence-corrected chi connectivity index (χ3v) is 3.80. The minimum absolute atomic E-state index is 0.278. The largest absolute Gasteiger partial charge is 0.309 e. The fourth-order valence-electron chi connectivity index (χ4n) is 2.56. The summed E-state index contributed by atoms with van der Waals surface area (Å²) in [5.41, 5.74) is 4.96. The fourth-order valence-corrected chi connectivity index (χ4v) is 2.56. The highest BCUT2D eigenvalue weighted by Crippen LogP contribution is 2.20. The Hall–Kier alpha value is -1.67. The van der Waals surface area contributed by atoms with Crippen LogP contribution in [0.5, 0.6) is 0 Å². The highest BCUT2D eigenvalue weighted by molar-refractivity contribution is 5.26. The number of benzene rings is 1. The van der Waals surface area contributed by atoms with Gasteiger partial charge in [-0.1, -0.05) is 51.1 Å². The quantitative estimate of drug-likeness (QED) is 0.849. The number of aromatic nitrogens is 1. The van der Waals surface area contributed by atoms with Gasteiger partial charge in [0, 0.05) is 5.69 Å². The Morgan fingerprint density at radius 1 is 1.05 bits per heavy atom. The molecule has 1 unspecified atom stereocenters. The van der Waals surface area contributed by atoms with Crippen LogP contribution in [0.15, 0.2) is 42.5 Å². The molecule has 1 aromatic carbocycles. The van der Waals surface area contributed by atoms with Gasteiger partial charge >= 0.3 is 0 Å². The topological polar surface area (TPSA) is 24.9 Å². The van der Waals surface area contributed by atoms with E-state index in [4.69, 9.17) is 0 Å². The molecular formula is C19H26N2. The monoisotopic (exact) mass is 282 g/mol. The average Bonchev–Trinajstić information content (AvgIpc) is 2.47. The zero-order chi connectivity index (χ0) is 15.2. The molecule has 0 aliphatic rings. The van der Waals surface area contributed by atoms with Gasteiger partial charge < -0.3 is 5.32 Å². The van der Waals surface area contributed by atoms with Gasteiger partial charge in [-0.3, -0.25) is 4.98 Å². The van der Waals surface area contributed by atoms with Crippen molar-refractivity contribution in [3.8, 4) is 0 Å². The lowest BCUT2D eigenvalue weighted by Crippen LogP contribution is -2.24. The summed E-state index contributed by atoms with van der Waals surface area (Å²) in [6.07, 6.45) is 0.975. The smallest absolute Gasteiger partial charge is 0.0579 e. The van der Waals surface area contributed by atoms with E-state index in [0.717, 1.165) is 24.4 Å². The Balaban J connectivity index is 2.16. The van der Waals surface area contributed by atoms with Crippen molar-refractivity contribution in [2.45, 2.75) is 46.1 Å². The van der Waals surface area contributed by atoms with Crippen LogP contribution in [-0.4, -0.2) is 11.5 Å². The second kappa shape index (κ2) is 7.37. The van der Waals surface area contributed by atoms with Crippen LogP contribution in [-0.2, 0) is 6.42 Å². The van der Waals surface area contributed by atoms with Gasteiger partial charge in [0.2, 0.25) is 0 Å². The van der Waals surface area contributed by atoms with Gasteiger partial charge in [-0.15, -0.1) is 0 Å². The highest BCUT2D eigenvalue weighted by Gasteiger charge is 2.13. The summed E-state index contributed by atoms with van der Waals surface area (Å²) in [5, 5.41) is 3.55.